The molecule has 1 amide bonds. The molecule has 0 N–H and O–H groups in total. The predicted molar refractivity (Wildman–Crippen MR) is 138 cm³/mol. The van der Waals surface area contributed by atoms with Crippen molar-refractivity contribution in [3.05, 3.63) is 96.1 Å². The molecule has 0 bridgehead atoms. The Balaban J connectivity index is 1.84. The highest BCUT2D eigenvalue weighted by Crippen LogP contribution is 2.37. The van der Waals surface area contributed by atoms with Gasteiger partial charge in [0.1, 0.15) is 0 Å². The first-order valence-corrected chi connectivity index (χ1v) is 14.4. The highest BCUT2D eigenvalue weighted by molar-refractivity contribution is 8.04. The largest absolute Gasteiger partial charge is 0.334 e. The number of rotatable bonds is 7. The first-order chi connectivity index (χ1) is 17.3. The van der Waals surface area contributed by atoms with E-state index >= 15 is 0 Å². The van der Waals surface area contributed by atoms with Crippen molar-refractivity contribution in [2.45, 2.75) is 43.0 Å². The molecular formula is C27H30N2O5S2. The van der Waals surface area contributed by atoms with Crippen LogP contribution < -0.4 is 0 Å². The zero-order chi connectivity index (χ0) is 27.0. The Kier molecular flexibility index (Phi) is 6.72. The minimum absolute atomic E-state index is 0.250. The number of hydrogen-bond donors (Lipinski definition) is 0. The van der Waals surface area contributed by atoms with E-state index in [-0.39, 0.29) is 32.4 Å². The van der Waals surface area contributed by atoms with Gasteiger partial charge in [0.15, 0.2) is 0 Å². The molecule has 9 heteroatoms. The number of amides is 1. The average molecular weight is 528 g/mol. The summed E-state index contributed by atoms with van der Waals surface area (Å²) < 4.78 is 64.7. The van der Waals surface area contributed by atoms with Crippen LogP contribution in [-0.4, -0.2) is 50.5 Å². The van der Waals surface area contributed by atoms with Crippen LogP contribution in [0.2, 0.25) is 0 Å². The van der Waals surface area contributed by atoms with Crippen LogP contribution >= 0.6 is 0 Å². The summed E-state index contributed by atoms with van der Waals surface area (Å²) in [6.45, 7) is 4.17. The molecule has 3 aromatic carbocycles. The van der Waals surface area contributed by atoms with Crippen LogP contribution in [0.4, 0.5) is 0 Å². The van der Waals surface area contributed by atoms with Gasteiger partial charge < -0.3 is 4.90 Å². The van der Waals surface area contributed by atoms with Crippen molar-refractivity contribution in [1.29, 1.82) is 0 Å². The highest BCUT2D eigenvalue weighted by Gasteiger charge is 2.45. The molecule has 0 aromatic heterocycles. The molecule has 3 aromatic rings. The van der Waals surface area contributed by atoms with E-state index in [1.54, 1.807) is 36.4 Å². The number of likely N-dealkylation sites (tertiary alicyclic amines) is 1. The monoisotopic (exact) mass is 527 g/mol. The fraction of sp³-hybridized carbons (Fsp3) is 0.296. The normalized spacial score (nSPS) is 19.2. The fourth-order valence-corrected chi connectivity index (χ4v) is 7.93. The zero-order valence-electron chi connectivity index (χ0n) is 21.4. The number of benzene rings is 3. The second kappa shape index (κ2) is 9.80. The maximum Gasteiger partial charge on any atom is 0.256 e. The Morgan fingerprint density at radius 1 is 0.889 bits per heavy atom. The van der Waals surface area contributed by atoms with E-state index in [2.05, 4.69) is 0 Å². The third-order valence-electron chi connectivity index (χ3n) is 6.17. The van der Waals surface area contributed by atoms with Gasteiger partial charge in [-0.15, -0.1) is 0 Å². The van der Waals surface area contributed by atoms with Gasteiger partial charge in [-0.2, -0.15) is 0 Å². The molecule has 4 rings (SSSR count). The first kappa shape index (κ1) is 24.7. The van der Waals surface area contributed by atoms with Crippen molar-refractivity contribution in [3.63, 3.8) is 0 Å². The van der Waals surface area contributed by atoms with E-state index in [1.807, 2.05) is 20.8 Å². The number of sulfonamides is 2. The second-order valence-corrected chi connectivity index (χ2v) is 13.6. The summed E-state index contributed by atoms with van der Waals surface area (Å²) in [5.74, 6) is -0.373. The Bertz CT molecular complexity index is 1410. The molecule has 1 heterocycles. The molecule has 36 heavy (non-hydrogen) atoms. The lowest BCUT2D eigenvalue weighted by molar-refractivity contribution is 0.0720. The van der Waals surface area contributed by atoms with Gasteiger partial charge in [0.05, 0.1) is 16.3 Å². The molecule has 2 atom stereocenters. The maximum absolute atomic E-state index is 13.8. The van der Waals surface area contributed by atoms with Gasteiger partial charge in [0.25, 0.3) is 26.0 Å². The van der Waals surface area contributed by atoms with Crippen molar-refractivity contribution in [3.8, 4) is 0 Å². The molecule has 0 saturated carbocycles. The van der Waals surface area contributed by atoms with E-state index < -0.39 is 38.0 Å². The van der Waals surface area contributed by atoms with E-state index in [0.717, 1.165) is 5.56 Å². The lowest BCUT2D eigenvalue weighted by Gasteiger charge is -2.30. The van der Waals surface area contributed by atoms with Crippen LogP contribution in [0.5, 0.6) is 0 Å². The van der Waals surface area contributed by atoms with E-state index in [0.29, 0.717) is 5.56 Å². The third-order valence-corrected chi connectivity index (χ3v) is 10.3. The summed E-state index contributed by atoms with van der Waals surface area (Å²) in [6, 6.07) is 20.3. The molecule has 190 valence electrons. The molecule has 0 unspecified atom stereocenters. The summed E-state index contributed by atoms with van der Waals surface area (Å²) >= 11 is 0. The number of carbonyl (C=O) groups is 1. The molecule has 0 spiro atoms. The van der Waals surface area contributed by atoms with E-state index in [1.165, 1.54) is 53.4 Å². The molecule has 1 saturated heterocycles. The lowest BCUT2D eigenvalue weighted by atomic mass is 9.91. The predicted octanol–water partition coefficient (Wildman–Crippen LogP) is 4.32. The van der Waals surface area contributed by atoms with Crippen molar-refractivity contribution in [1.82, 2.24) is 8.61 Å². The zero-order valence-corrected chi connectivity index (χ0v) is 22.0. The molecule has 1 aliphatic heterocycles. The number of carbonyl (C=O) groups excluding carboxylic acids is 1. The van der Waals surface area contributed by atoms with Gasteiger partial charge in [0, 0.05) is 19.5 Å². The summed E-state index contributed by atoms with van der Waals surface area (Å²) in [4.78, 5) is 14.5. The Morgan fingerprint density at radius 2 is 1.36 bits per heavy atom. The fourth-order valence-electron chi connectivity index (χ4n) is 4.36. The number of hydrogen-bond acceptors (Lipinski definition) is 5. The Morgan fingerprint density at radius 3 is 1.83 bits per heavy atom. The van der Waals surface area contributed by atoms with Gasteiger partial charge in [-0.25, -0.2) is 16.8 Å². The molecule has 1 aliphatic rings. The maximum atomic E-state index is 13.8. The van der Waals surface area contributed by atoms with E-state index in [4.69, 9.17) is 1.37 Å². The summed E-state index contributed by atoms with van der Waals surface area (Å²) in [6.07, 6.45) is 0.254. The summed E-state index contributed by atoms with van der Waals surface area (Å²) in [5.41, 5.74) is 0.911. The number of nitrogens with zero attached hydrogens (tertiary/aromatic N) is 2. The van der Waals surface area contributed by atoms with Crippen LogP contribution in [0.1, 0.15) is 37.6 Å². The molecule has 0 radical (unpaired) electrons. The molecule has 7 nitrogen and oxygen atoms in total. The minimum atomic E-state index is -4.68. The van der Waals surface area contributed by atoms with Crippen LogP contribution in [-0.2, 0) is 20.0 Å². The third kappa shape index (κ3) is 5.23. The van der Waals surface area contributed by atoms with Crippen molar-refractivity contribution < 1.29 is 23.0 Å². The SMILES string of the molecule is [2H][C@H]([C@H]1CC(C)(C)CN1C(=O)c1ccc(C)cc1)N(S(=O)(=O)c1ccccc1)S(=O)(=O)c1ccccc1. The Labute approximate surface area is 214 Å². The van der Waals surface area contributed by atoms with Crippen LogP contribution in [0, 0.1) is 12.3 Å². The van der Waals surface area contributed by atoms with Crippen LogP contribution in [0.15, 0.2) is 94.7 Å². The second-order valence-electron chi connectivity index (χ2n) is 9.75. The number of aryl methyl sites for hydroxylation is 1. The van der Waals surface area contributed by atoms with Crippen molar-refractivity contribution >= 4 is 26.0 Å². The van der Waals surface area contributed by atoms with Gasteiger partial charge in [0.2, 0.25) is 0 Å². The quantitative estimate of drug-likeness (QED) is 0.457. The standard InChI is InChI=1S/C27H30N2O5S2/c1-21-14-16-22(17-15-21)26(30)28-20-27(2,3)18-23(28)19-29(35(31,32)24-10-6-4-7-11-24)36(33,34)25-12-8-5-9-13-25/h4-17,23H,18-20H2,1-3H3/t23-/m1/s1/i19D/t19-,23-. The Hall–Kier alpha value is -3.01. The molecule has 1 fully saturated rings. The highest BCUT2D eigenvalue weighted by atomic mass is 32.3. The van der Waals surface area contributed by atoms with Gasteiger partial charge in [-0.1, -0.05) is 71.7 Å². The molecule has 0 aliphatic carbocycles. The van der Waals surface area contributed by atoms with Gasteiger partial charge >= 0.3 is 0 Å². The lowest BCUT2D eigenvalue weighted by Crippen LogP contribution is -2.47. The van der Waals surface area contributed by atoms with Gasteiger partial charge in [-0.3, -0.25) is 4.79 Å². The summed E-state index contributed by atoms with van der Waals surface area (Å²) in [7, 11) is -9.36. The summed E-state index contributed by atoms with van der Waals surface area (Å²) in [5, 5.41) is 0. The van der Waals surface area contributed by atoms with Crippen molar-refractivity contribution in [2.75, 3.05) is 13.1 Å². The van der Waals surface area contributed by atoms with Gasteiger partial charge in [-0.05, 0) is 55.2 Å². The van der Waals surface area contributed by atoms with Crippen LogP contribution in [0.3, 0.4) is 0 Å². The van der Waals surface area contributed by atoms with Crippen LogP contribution in [0.25, 0.3) is 0 Å². The first-order valence-electron chi connectivity index (χ1n) is 12.1. The minimum Gasteiger partial charge on any atom is -0.334 e. The molecular weight excluding hydrogens is 496 g/mol. The topological polar surface area (TPSA) is 91.8 Å². The van der Waals surface area contributed by atoms with Crippen molar-refractivity contribution in [2.24, 2.45) is 5.41 Å². The van der Waals surface area contributed by atoms with E-state index in [9.17, 15) is 21.6 Å². The average Bonchev–Trinajstić information content (AvgIpc) is 3.20. The smallest absolute Gasteiger partial charge is 0.256 e.